The van der Waals surface area contributed by atoms with Crippen molar-refractivity contribution in [1.82, 2.24) is 4.90 Å². The van der Waals surface area contributed by atoms with Crippen molar-refractivity contribution in [3.05, 3.63) is 35.9 Å². The molecule has 2 aliphatic heterocycles. The van der Waals surface area contributed by atoms with Crippen LogP contribution in [0.4, 0.5) is 0 Å². The number of hydrogen-bond acceptors (Lipinski definition) is 3. The molecule has 2 atom stereocenters. The highest BCUT2D eigenvalue weighted by Crippen LogP contribution is 2.20. The maximum Gasteiger partial charge on any atom is 0.0717 e. The van der Waals surface area contributed by atoms with Crippen LogP contribution in [-0.2, 0) is 16.1 Å². The Morgan fingerprint density at radius 1 is 1.14 bits per heavy atom. The van der Waals surface area contributed by atoms with E-state index in [1.165, 1.54) is 44.3 Å². The Bertz CT molecular complexity index is 403. The largest absolute Gasteiger partial charge is 0.377 e. The van der Waals surface area contributed by atoms with Gasteiger partial charge in [-0.3, -0.25) is 0 Å². The molecule has 2 aliphatic rings. The van der Waals surface area contributed by atoms with E-state index in [2.05, 4.69) is 29.2 Å². The number of benzene rings is 1. The van der Waals surface area contributed by atoms with Crippen LogP contribution in [0.1, 0.15) is 31.2 Å². The second kappa shape index (κ2) is 7.92. The van der Waals surface area contributed by atoms with Gasteiger partial charge < -0.3 is 14.4 Å². The van der Waals surface area contributed by atoms with Crippen molar-refractivity contribution in [2.24, 2.45) is 5.92 Å². The van der Waals surface area contributed by atoms with Gasteiger partial charge in [-0.25, -0.2) is 0 Å². The van der Waals surface area contributed by atoms with Gasteiger partial charge in [0.15, 0.2) is 0 Å². The minimum absolute atomic E-state index is 0.475. The first-order valence-corrected chi connectivity index (χ1v) is 8.36. The van der Waals surface area contributed by atoms with Crippen molar-refractivity contribution < 1.29 is 9.47 Å². The van der Waals surface area contributed by atoms with Crippen molar-refractivity contribution in [1.29, 1.82) is 0 Å². The van der Waals surface area contributed by atoms with Gasteiger partial charge in [-0.1, -0.05) is 30.3 Å². The van der Waals surface area contributed by atoms with Gasteiger partial charge in [-0.05, 0) is 43.7 Å². The third-order valence-electron chi connectivity index (χ3n) is 4.57. The highest BCUT2D eigenvalue weighted by molar-refractivity contribution is 5.13. The van der Waals surface area contributed by atoms with Gasteiger partial charge in [0.05, 0.1) is 19.3 Å². The lowest BCUT2D eigenvalue weighted by Gasteiger charge is -2.27. The summed E-state index contributed by atoms with van der Waals surface area (Å²) in [5.74, 6) is 0.692. The van der Waals surface area contributed by atoms with E-state index >= 15 is 0 Å². The summed E-state index contributed by atoms with van der Waals surface area (Å²) in [7, 11) is 0. The Hall–Kier alpha value is -0.900. The van der Waals surface area contributed by atoms with E-state index in [9.17, 15) is 0 Å². The quantitative estimate of drug-likeness (QED) is 0.803. The molecule has 2 saturated heterocycles. The number of ether oxygens (including phenoxy) is 2. The molecular formula is C18H27NO2. The van der Waals surface area contributed by atoms with Crippen LogP contribution in [0.3, 0.4) is 0 Å². The van der Waals surface area contributed by atoms with E-state index in [0.29, 0.717) is 12.0 Å². The van der Waals surface area contributed by atoms with Crippen LogP contribution < -0.4 is 0 Å². The number of hydrogen-bond donors (Lipinski definition) is 0. The highest BCUT2D eigenvalue weighted by atomic mass is 16.5. The minimum Gasteiger partial charge on any atom is -0.377 e. The number of rotatable bonds is 6. The molecule has 0 spiro atoms. The lowest BCUT2D eigenvalue weighted by atomic mass is 10.1. The summed E-state index contributed by atoms with van der Waals surface area (Å²) in [6, 6.07) is 10.4. The zero-order valence-electron chi connectivity index (χ0n) is 12.9. The lowest BCUT2D eigenvalue weighted by molar-refractivity contribution is -0.00333. The van der Waals surface area contributed by atoms with Gasteiger partial charge in [0, 0.05) is 19.7 Å². The summed E-state index contributed by atoms with van der Waals surface area (Å²) in [5, 5.41) is 0. The van der Waals surface area contributed by atoms with Crippen molar-refractivity contribution in [2.45, 2.75) is 38.4 Å². The Morgan fingerprint density at radius 2 is 2.05 bits per heavy atom. The van der Waals surface area contributed by atoms with Crippen molar-refractivity contribution >= 4 is 0 Å². The van der Waals surface area contributed by atoms with Crippen LogP contribution in [0.2, 0.25) is 0 Å². The lowest BCUT2D eigenvalue weighted by Crippen LogP contribution is -2.34. The van der Waals surface area contributed by atoms with Crippen molar-refractivity contribution in [2.75, 3.05) is 32.8 Å². The summed E-state index contributed by atoms with van der Waals surface area (Å²) in [6.45, 7) is 6.09. The standard InChI is InChI=1S/C18H27NO2/c1-2-6-16(7-3-1)14-20-15-17-9-10-19(12-17)13-18-8-4-5-11-21-18/h1-3,6-7,17-18H,4-5,8-15H2/t17-,18-/m0/s1. The fraction of sp³-hybridized carbons (Fsp3) is 0.667. The second-order valence-corrected chi connectivity index (χ2v) is 6.40. The molecular weight excluding hydrogens is 262 g/mol. The molecule has 3 heteroatoms. The Kier molecular flexibility index (Phi) is 5.67. The van der Waals surface area contributed by atoms with Gasteiger partial charge in [-0.15, -0.1) is 0 Å². The third kappa shape index (κ3) is 4.80. The molecule has 3 nitrogen and oxygen atoms in total. The number of likely N-dealkylation sites (tertiary alicyclic amines) is 1. The zero-order chi connectivity index (χ0) is 14.3. The van der Waals surface area contributed by atoms with Crippen LogP contribution in [0.5, 0.6) is 0 Å². The van der Waals surface area contributed by atoms with Crippen LogP contribution in [-0.4, -0.2) is 43.9 Å². The molecule has 0 unspecified atom stereocenters. The smallest absolute Gasteiger partial charge is 0.0717 e. The summed E-state index contributed by atoms with van der Waals surface area (Å²) in [4.78, 5) is 2.56. The van der Waals surface area contributed by atoms with E-state index in [1.807, 2.05) is 6.07 Å². The van der Waals surface area contributed by atoms with Crippen LogP contribution in [0.15, 0.2) is 30.3 Å². The average molecular weight is 289 g/mol. The Balaban J connectivity index is 1.33. The zero-order valence-corrected chi connectivity index (χ0v) is 12.9. The maximum absolute atomic E-state index is 5.88. The van der Waals surface area contributed by atoms with Crippen molar-refractivity contribution in [3.8, 4) is 0 Å². The molecule has 3 rings (SSSR count). The predicted octanol–water partition coefficient (Wildman–Crippen LogP) is 3.09. The first-order chi connectivity index (χ1) is 10.4. The van der Waals surface area contributed by atoms with E-state index in [4.69, 9.17) is 9.47 Å². The summed E-state index contributed by atoms with van der Waals surface area (Å²) >= 11 is 0. The average Bonchev–Trinajstić information content (AvgIpc) is 2.97. The van der Waals surface area contributed by atoms with E-state index in [-0.39, 0.29) is 0 Å². The normalized spacial score (nSPS) is 27.0. The summed E-state index contributed by atoms with van der Waals surface area (Å²) < 4.78 is 11.7. The Morgan fingerprint density at radius 3 is 2.86 bits per heavy atom. The molecule has 0 bridgehead atoms. The molecule has 1 aromatic rings. The first-order valence-electron chi connectivity index (χ1n) is 8.36. The van der Waals surface area contributed by atoms with Gasteiger partial charge in [0.25, 0.3) is 0 Å². The monoisotopic (exact) mass is 289 g/mol. The fourth-order valence-electron chi connectivity index (χ4n) is 3.37. The maximum atomic E-state index is 5.88. The first kappa shape index (κ1) is 15.0. The fourth-order valence-corrected chi connectivity index (χ4v) is 3.37. The predicted molar refractivity (Wildman–Crippen MR) is 84.2 cm³/mol. The van der Waals surface area contributed by atoms with Crippen LogP contribution in [0, 0.1) is 5.92 Å². The van der Waals surface area contributed by atoms with Gasteiger partial charge in [0.1, 0.15) is 0 Å². The molecule has 116 valence electrons. The van der Waals surface area contributed by atoms with E-state index in [1.54, 1.807) is 0 Å². The molecule has 21 heavy (non-hydrogen) atoms. The van der Waals surface area contributed by atoms with Gasteiger partial charge in [0.2, 0.25) is 0 Å². The molecule has 0 N–H and O–H groups in total. The molecule has 0 amide bonds. The third-order valence-corrected chi connectivity index (χ3v) is 4.57. The summed E-state index contributed by atoms with van der Waals surface area (Å²) in [5.41, 5.74) is 1.27. The molecule has 1 aromatic carbocycles. The second-order valence-electron chi connectivity index (χ2n) is 6.40. The van der Waals surface area contributed by atoms with Gasteiger partial charge in [-0.2, -0.15) is 0 Å². The minimum atomic E-state index is 0.475. The number of nitrogens with zero attached hydrogens (tertiary/aromatic N) is 1. The molecule has 0 aliphatic carbocycles. The highest BCUT2D eigenvalue weighted by Gasteiger charge is 2.25. The molecule has 0 radical (unpaired) electrons. The SMILES string of the molecule is c1ccc(COC[C@H]2CCN(C[C@@H]3CCCCO3)C2)cc1. The van der Waals surface area contributed by atoms with Gasteiger partial charge >= 0.3 is 0 Å². The molecule has 2 heterocycles. The molecule has 0 saturated carbocycles. The Labute approximate surface area is 128 Å². The van der Waals surface area contributed by atoms with E-state index in [0.717, 1.165) is 26.4 Å². The van der Waals surface area contributed by atoms with Crippen LogP contribution >= 0.6 is 0 Å². The van der Waals surface area contributed by atoms with Crippen LogP contribution in [0.25, 0.3) is 0 Å². The molecule has 2 fully saturated rings. The van der Waals surface area contributed by atoms with Crippen molar-refractivity contribution in [3.63, 3.8) is 0 Å². The topological polar surface area (TPSA) is 21.7 Å². The molecule has 0 aromatic heterocycles. The van der Waals surface area contributed by atoms with E-state index < -0.39 is 0 Å². The summed E-state index contributed by atoms with van der Waals surface area (Å²) in [6.07, 6.45) is 5.56.